The summed E-state index contributed by atoms with van der Waals surface area (Å²) in [5, 5.41) is 8.41. The minimum Gasteiger partial charge on any atom is -0.447 e. The van der Waals surface area contributed by atoms with Crippen LogP contribution in [0.4, 0.5) is 4.79 Å². The molecule has 0 spiro atoms. The predicted octanol–water partition coefficient (Wildman–Crippen LogP) is 0.846. The van der Waals surface area contributed by atoms with E-state index in [1.165, 1.54) is 0 Å². The summed E-state index contributed by atoms with van der Waals surface area (Å²) in [6, 6.07) is 0.140. The van der Waals surface area contributed by atoms with Gasteiger partial charge in [0.1, 0.15) is 6.61 Å². The number of carbonyl (C=O) groups is 1. The highest BCUT2D eigenvalue weighted by Crippen LogP contribution is 2.00. The van der Waals surface area contributed by atoms with Crippen LogP contribution in [0.5, 0.6) is 0 Å². The molecular weight excluding hydrogens is 158 g/mol. The van der Waals surface area contributed by atoms with Gasteiger partial charge in [-0.3, -0.25) is 0 Å². The minimum absolute atomic E-state index is 0.0715. The van der Waals surface area contributed by atoms with Gasteiger partial charge in [0.15, 0.2) is 0 Å². The van der Waals surface area contributed by atoms with Crippen molar-refractivity contribution >= 4 is 6.09 Å². The molecule has 4 nitrogen and oxygen atoms in total. The molecule has 0 aliphatic rings. The van der Waals surface area contributed by atoms with Crippen LogP contribution in [0, 0.1) is 0 Å². The quantitative estimate of drug-likeness (QED) is 0.689. The fourth-order valence-electron chi connectivity index (χ4n) is 0.921. The number of carbonyl (C=O) groups excluding carboxylic acids is 1. The molecule has 0 unspecified atom stereocenters. The summed E-state index contributed by atoms with van der Waals surface area (Å²) in [5.41, 5.74) is 0. The Balaban J connectivity index is 3.86. The molecule has 1 amide bonds. The lowest BCUT2D eigenvalue weighted by Crippen LogP contribution is -2.37. The first kappa shape index (κ1) is 11.2. The Morgan fingerprint density at radius 3 is 2.50 bits per heavy atom. The Hall–Kier alpha value is -0.770. The van der Waals surface area contributed by atoms with Gasteiger partial charge in [-0.15, -0.1) is 0 Å². The van der Waals surface area contributed by atoms with Crippen LogP contribution in [-0.2, 0) is 4.74 Å². The second-order valence-electron chi connectivity index (χ2n) is 2.72. The van der Waals surface area contributed by atoms with Crippen LogP contribution < -0.4 is 0 Å². The maximum absolute atomic E-state index is 11.2. The van der Waals surface area contributed by atoms with Gasteiger partial charge >= 0.3 is 6.09 Å². The van der Waals surface area contributed by atoms with Crippen molar-refractivity contribution in [3.8, 4) is 0 Å². The van der Waals surface area contributed by atoms with E-state index in [1.54, 1.807) is 4.90 Å². The molecule has 0 saturated heterocycles. The van der Waals surface area contributed by atoms with Crippen LogP contribution in [0.2, 0.25) is 0 Å². The first-order valence-corrected chi connectivity index (χ1v) is 4.17. The van der Waals surface area contributed by atoms with Gasteiger partial charge in [-0.05, 0) is 20.8 Å². The first-order valence-electron chi connectivity index (χ1n) is 4.17. The summed E-state index contributed by atoms with van der Waals surface area (Å²) >= 11 is 0. The largest absolute Gasteiger partial charge is 0.447 e. The molecule has 1 N–H and O–H groups in total. The molecule has 0 aromatic heterocycles. The highest BCUT2D eigenvalue weighted by Gasteiger charge is 2.15. The zero-order chi connectivity index (χ0) is 9.56. The highest BCUT2D eigenvalue weighted by atomic mass is 16.6. The number of ether oxygens (including phenoxy) is 1. The second-order valence-corrected chi connectivity index (χ2v) is 2.72. The molecule has 4 heteroatoms. The third kappa shape index (κ3) is 3.57. The van der Waals surface area contributed by atoms with Crippen molar-refractivity contribution in [1.82, 2.24) is 4.90 Å². The van der Waals surface area contributed by atoms with Gasteiger partial charge in [0.2, 0.25) is 0 Å². The van der Waals surface area contributed by atoms with Crippen LogP contribution in [0.1, 0.15) is 20.8 Å². The molecule has 72 valence electrons. The third-order valence-electron chi connectivity index (χ3n) is 1.52. The Bertz CT molecular complexity index is 136. The van der Waals surface area contributed by atoms with Gasteiger partial charge in [0.05, 0.1) is 6.61 Å². The van der Waals surface area contributed by atoms with Crippen molar-refractivity contribution in [2.45, 2.75) is 26.8 Å². The number of aliphatic hydroxyl groups excluding tert-OH is 1. The van der Waals surface area contributed by atoms with E-state index in [4.69, 9.17) is 9.84 Å². The summed E-state index contributed by atoms with van der Waals surface area (Å²) in [7, 11) is 0. The van der Waals surface area contributed by atoms with Crippen LogP contribution in [0.25, 0.3) is 0 Å². The van der Waals surface area contributed by atoms with Crippen LogP contribution in [0.3, 0.4) is 0 Å². The van der Waals surface area contributed by atoms with Gasteiger partial charge < -0.3 is 14.7 Å². The Morgan fingerprint density at radius 2 is 2.17 bits per heavy atom. The summed E-state index contributed by atoms with van der Waals surface area (Å²) in [6.45, 7) is 6.30. The van der Waals surface area contributed by atoms with E-state index in [9.17, 15) is 4.79 Å². The van der Waals surface area contributed by atoms with E-state index < -0.39 is 0 Å². The maximum Gasteiger partial charge on any atom is 0.410 e. The molecule has 0 saturated carbocycles. The summed E-state index contributed by atoms with van der Waals surface area (Å²) in [6.07, 6.45) is -0.360. The maximum atomic E-state index is 11.2. The van der Waals surface area contributed by atoms with E-state index in [0.29, 0.717) is 6.54 Å². The molecule has 0 aromatic rings. The zero-order valence-corrected chi connectivity index (χ0v) is 7.91. The Morgan fingerprint density at radius 1 is 1.58 bits per heavy atom. The fraction of sp³-hybridized carbons (Fsp3) is 0.875. The van der Waals surface area contributed by atoms with Crippen molar-refractivity contribution in [3.05, 3.63) is 0 Å². The van der Waals surface area contributed by atoms with Crippen molar-refractivity contribution in [2.24, 2.45) is 0 Å². The van der Waals surface area contributed by atoms with E-state index >= 15 is 0 Å². The van der Waals surface area contributed by atoms with E-state index in [1.807, 2.05) is 20.8 Å². The number of amides is 1. The van der Waals surface area contributed by atoms with E-state index in [2.05, 4.69) is 0 Å². The normalized spacial score (nSPS) is 10.1. The monoisotopic (exact) mass is 175 g/mol. The third-order valence-corrected chi connectivity index (χ3v) is 1.52. The van der Waals surface area contributed by atoms with E-state index in [0.717, 1.165) is 0 Å². The van der Waals surface area contributed by atoms with Crippen molar-refractivity contribution in [1.29, 1.82) is 0 Å². The molecule has 0 bridgehead atoms. The summed E-state index contributed by atoms with van der Waals surface area (Å²) < 4.78 is 4.74. The predicted molar refractivity (Wildman–Crippen MR) is 45.9 cm³/mol. The van der Waals surface area contributed by atoms with Crippen molar-refractivity contribution in [3.63, 3.8) is 0 Å². The first-order chi connectivity index (χ1) is 5.63. The summed E-state index contributed by atoms with van der Waals surface area (Å²) in [4.78, 5) is 12.8. The summed E-state index contributed by atoms with van der Waals surface area (Å²) in [5.74, 6) is 0. The molecule has 0 atom stereocenters. The van der Waals surface area contributed by atoms with Gasteiger partial charge in [-0.2, -0.15) is 0 Å². The van der Waals surface area contributed by atoms with Crippen LogP contribution in [-0.4, -0.2) is 41.9 Å². The van der Waals surface area contributed by atoms with Gasteiger partial charge in [-0.25, -0.2) is 4.79 Å². The minimum atomic E-state index is -0.360. The lowest BCUT2D eigenvalue weighted by molar-refractivity contribution is 0.0774. The van der Waals surface area contributed by atoms with Crippen LogP contribution >= 0.6 is 0 Å². The molecule has 0 aliphatic heterocycles. The molecule has 0 fully saturated rings. The lowest BCUT2D eigenvalue weighted by Gasteiger charge is -2.23. The highest BCUT2D eigenvalue weighted by molar-refractivity contribution is 5.67. The topological polar surface area (TPSA) is 49.8 Å². The molecule has 0 radical (unpaired) electrons. The molecule has 0 aromatic carbocycles. The molecule has 0 heterocycles. The van der Waals surface area contributed by atoms with E-state index in [-0.39, 0.29) is 25.3 Å². The number of hydrogen-bond acceptors (Lipinski definition) is 3. The number of nitrogens with zero attached hydrogens (tertiary/aromatic N) is 1. The van der Waals surface area contributed by atoms with Gasteiger partial charge in [0.25, 0.3) is 0 Å². The van der Waals surface area contributed by atoms with Crippen molar-refractivity contribution in [2.75, 3.05) is 19.8 Å². The van der Waals surface area contributed by atoms with Crippen LogP contribution in [0.15, 0.2) is 0 Å². The fourth-order valence-corrected chi connectivity index (χ4v) is 0.921. The molecule has 0 rings (SSSR count). The van der Waals surface area contributed by atoms with Gasteiger partial charge in [-0.1, -0.05) is 0 Å². The standard InChI is InChI=1S/C8H17NO3/c1-4-9(7(2)3)8(11)12-6-5-10/h7,10H,4-6H2,1-3H3. The average molecular weight is 175 g/mol. The van der Waals surface area contributed by atoms with Crippen molar-refractivity contribution < 1.29 is 14.6 Å². The Kier molecular flexibility index (Phi) is 5.45. The average Bonchev–Trinajstić information content (AvgIpc) is 2.01. The molecule has 0 aliphatic carbocycles. The SMILES string of the molecule is CCN(C(=O)OCCO)C(C)C. The number of hydrogen-bond donors (Lipinski definition) is 1. The molecule has 12 heavy (non-hydrogen) atoms. The number of rotatable bonds is 4. The molecular formula is C8H17NO3. The lowest BCUT2D eigenvalue weighted by atomic mass is 10.3. The Labute approximate surface area is 73.1 Å². The number of aliphatic hydroxyl groups is 1. The zero-order valence-electron chi connectivity index (χ0n) is 7.91. The second kappa shape index (κ2) is 5.83. The smallest absolute Gasteiger partial charge is 0.410 e. The van der Waals surface area contributed by atoms with Gasteiger partial charge in [0, 0.05) is 12.6 Å².